The van der Waals surface area contributed by atoms with E-state index in [9.17, 15) is 9.59 Å². The summed E-state index contributed by atoms with van der Waals surface area (Å²) in [5.74, 6) is -2.69. The lowest BCUT2D eigenvalue weighted by molar-refractivity contribution is 0.0601. The average Bonchev–Trinajstić information content (AvgIpc) is 2.62. The van der Waals surface area contributed by atoms with Crippen molar-refractivity contribution in [3.8, 4) is 5.75 Å². The predicted molar refractivity (Wildman–Crippen MR) is 102 cm³/mol. The first-order valence-corrected chi connectivity index (χ1v) is 8.29. The number of carbonyl (C=O) groups excluding carboxylic acids is 2. The van der Waals surface area contributed by atoms with Gasteiger partial charge in [-0.2, -0.15) is 0 Å². The minimum atomic E-state index is -0.965. The summed E-state index contributed by atoms with van der Waals surface area (Å²) in [6, 6.07) is 7.81. The third kappa shape index (κ3) is 4.62. The van der Waals surface area contributed by atoms with Gasteiger partial charge in [0.05, 0.1) is 40.3 Å². The lowest BCUT2D eigenvalue weighted by Gasteiger charge is -2.16. The molecule has 0 spiro atoms. The Morgan fingerprint density at radius 2 is 1.81 bits per heavy atom. The van der Waals surface area contributed by atoms with Crippen molar-refractivity contribution in [2.45, 2.75) is 20.8 Å². The van der Waals surface area contributed by atoms with Crippen LogP contribution in [0.25, 0.3) is 0 Å². The van der Waals surface area contributed by atoms with Crippen LogP contribution in [0.3, 0.4) is 0 Å². The number of benzene rings is 2. The molecule has 0 atom stereocenters. The van der Waals surface area contributed by atoms with Crippen LogP contribution < -0.4 is 10.2 Å². The van der Waals surface area contributed by atoms with E-state index in [0.717, 1.165) is 7.11 Å². The number of carbonyl (C=O) groups is 2. The Hall–Kier alpha value is -2.93. The maximum absolute atomic E-state index is 15.3. The summed E-state index contributed by atoms with van der Waals surface area (Å²) >= 11 is 6.11. The number of hydrogen-bond donors (Lipinski definition) is 1. The van der Waals surface area contributed by atoms with Crippen LogP contribution in [-0.2, 0) is 4.74 Å². The molecule has 0 saturated carbocycles. The second-order valence-corrected chi connectivity index (χ2v) is 6.18. The van der Waals surface area contributed by atoms with Gasteiger partial charge in [0.2, 0.25) is 5.75 Å². The molecule has 2 rings (SSSR count). The molecule has 0 aromatic heterocycles. The second kappa shape index (κ2) is 8.64. The molecule has 0 radical (unpaired) electrons. The van der Waals surface area contributed by atoms with Gasteiger partial charge in [-0.15, -0.1) is 0 Å². The Morgan fingerprint density at radius 3 is 2.37 bits per heavy atom. The molecule has 8 heteroatoms. The molecule has 2 aromatic carbocycles. The lowest BCUT2D eigenvalue weighted by Crippen LogP contribution is -2.12. The Kier molecular flexibility index (Phi) is 6.52. The molecular weight excluding hydrogens is 375 g/mol. The smallest absolute Gasteiger partial charge is 0.340 e. The van der Waals surface area contributed by atoms with Gasteiger partial charge in [-0.25, -0.2) is 9.18 Å². The van der Waals surface area contributed by atoms with Crippen molar-refractivity contribution >= 4 is 40.4 Å². The van der Waals surface area contributed by atoms with E-state index in [1.54, 1.807) is 38.1 Å². The van der Waals surface area contributed by atoms with E-state index in [4.69, 9.17) is 21.2 Å². The predicted octanol–water partition coefficient (Wildman–Crippen LogP) is 4.99. The summed E-state index contributed by atoms with van der Waals surface area (Å²) in [5.41, 5.74) is 0.327. The zero-order valence-electron chi connectivity index (χ0n) is 15.2. The Morgan fingerprint density at radius 1 is 1.15 bits per heavy atom. The minimum absolute atomic E-state index is 0.136. The maximum atomic E-state index is 15.3. The summed E-state index contributed by atoms with van der Waals surface area (Å²) in [6.45, 7) is 4.53. The van der Waals surface area contributed by atoms with Crippen molar-refractivity contribution in [2.24, 2.45) is 5.16 Å². The highest BCUT2D eigenvalue weighted by molar-refractivity contribution is 6.33. The zero-order valence-corrected chi connectivity index (χ0v) is 16.0. The lowest BCUT2D eigenvalue weighted by atomic mass is 10.0. The number of ketones is 1. The second-order valence-electron chi connectivity index (χ2n) is 5.77. The van der Waals surface area contributed by atoms with Crippen molar-refractivity contribution in [3.05, 3.63) is 52.3 Å². The molecule has 0 aliphatic rings. The highest BCUT2D eigenvalue weighted by atomic mass is 35.5. The number of nitrogens with one attached hydrogen (secondary N) is 1. The molecule has 0 saturated heterocycles. The molecule has 142 valence electrons. The number of methoxy groups -OCH3 is 1. The molecule has 2 aromatic rings. The molecule has 6 nitrogen and oxygen atoms in total. The summed E-state index contributed by atoms with van der Waals surface area (Å²) in [5, 5.41) is 6.80. The van der Waals surface area contributed by atoms with E-state index >= 15 is 4.39 Å². The van der Waals surface area contributed by atoms with E-state index < -0.39 is 23.3 Å². The Balaban J connectivity index is 2.72. The van der Waals surface area contributed by atoms with Gasteiger partial charge >= 0.3 is 5.97 Å². The number of nitrogens with zero attached hydrogens (tertiary/aromatic N) is 1. The molecule has 1 N–H and O–H groups in total. The van der Waals surface area contributed by atoms with Crippen molar-refractivity contribution in [2.75, 3.05) is 12.4 Å². The normalized spacial score (nSPS) is 10.1. The van der Waals surface area contributed by atoms with Crippen LogP contribution in [0.5, 0.6) is 5.75 Å². The Bertz CT molecular complexity index is 924. The molecule has 0 fully saturated rings. The zero-order chi connectivity index (χ0) is 20.1. The molecule has 0 unspecified atom stereocenters. The topological polar surface area (TPSA) is 77.0 Å². The fraction of sp³-hybridized carbons (Fsp3) is 0.211. The largest absolute Gasteiger partial charge is 0.465 e. The number of esters is 1. The number of rotatable bonds is 6. The van der Waals surface area contributed by atoms with Crippen LogP contribution in [0, 0.1) is 5.82 Å². The van der Waals surface area contributed by atoms with Gasteiger partial charge < -0.3 is 14.9 Å². The first kappa shape index (κ1) is 20.4. The van der Waals surface area contributed by atoms with Gasteiger partial charge in [-0.05, 0) is 39.0 Å². The van der Waals surface area contributed by atoms with E-state index in [1.807, 2.05) is 0 Å². The maximum Gasteiger partial charge on any atom is 0.340 e. The van der Waals surface area contributed by atoms with Crippen LogP contribution in [0.1, 0.15) is 41.5 Å². The summed E-state index contributed by atoms with van der Waals surface area (Å²) < 4.78 is 20.0. The van der Waals surface area contributed by atoms with E-state index in [0.29, 0.717) is 16.4 Å². The molecule has 0 aliphatic carbocycles. The third-order valence-corrected chi connectivity index (χ3v) is 3.79. The molecule has 27 heavy (non-hydrogen) atoms. The van der Waals surface area contributed by atoms with E-state index in [-0.39, 0.29) is 16.8 Å². The third-order valence-electron chi connectivity index (χ3n) is 3.46. The van der Waals surface area contributed by atoms with Crippen molar-refractivity contribution in [1.82, 2.24) is 0 Å². The van der Waals surface area contributed by atoms with Crippen LogP contribution in [0.15, 0.2) is 35.5 Å². The first-order chi connectivity index (χ1) is 12.8. The van der Waals surface area contributed by atoms with Crippen molar-refractivity contribution in [1.29, 1.82) is 0 Å². The number of hydrogen-bond acceptors (Lipinski definition) is 6. The van der Waals surface area contributed by atoms with Gasteiger partial charge in [0.15, 0.2) is 11.6 Å². The number of para-hydroxylation sites is 1. The number of oxime groups is 1. The van der Waals surface area contributed by atoms with Gasteiger partial charge in [0, 0.05) is 0 Å². The van der Waals surface area contributed by atoms with Crippen molar-refractivity contribution in [3.63, 3.8) is 0 Å². The standard InChI is InChI=1S/C19H18ClFN2O4/c1-10(2)23-27-18-12(11(3)24)9-13(19(25)26-4)17(16(18)21)22-15-8-6-5-7-14(15)20/h5-9,22H,1-4H3. The van der Waals surface area contributed by atoms with Crippen LogP contribution in [0.4, 0.5) is 15.8 Å². The van der Waals surface area contributed by atoms with Gasteiger partial charge in [-0.1, -0.05) is 28.9 Å². The monoisotopic (exact) mass is 392 g/mol. The summed E-state index contributed by atoms with van der Waals surface area (Å²) in [6.07, 6.45) is 0. The molecule has 0 heterocycles. The van der Waals surface area contributed by atoms with E-state index in [2.05, 4.69) is 10.5 Å². The quantitative estimate of drug-likeness (QED) is 0.324. The number of Topliss-reactive ketones (excluding diaryl/α,β-unsaturated/α-hetero) is 1. The first-order valence-electron chi connectivity index (χ1n) is 7.91. The van der Waals surface area contributed by atoms with Gasteiger partial charge in [0.25, 0.3) is 0 Å². The Labute approximate surface area is 160 Å². The number of halogens is 2. The van der Waals surface area contributed by atoms with E-state index in [1.165, 1.54) is 13.0 Å². The van der Waals surface area contributed by atoms with Crippen LogP contribution >= 0.6 is 11.6 Å². The van der Waals surface area contributed by atoms with Crippen LogP contribution in [0.2, 0.25) is 5.02 Å². The fourth-order valence-electron chi connectivity index (χ4n) is 2.21. The molecular formula is C19H18ClFN2O4. The molecule has 0 aliphatic heterocycles. The SMILES string of the molecule is COC(=O)c1cc(C(C)=O)c(ON=C(C)C)c(F)c1Nc1ccccc1Cl. The van der Waals surface area contributed by atoms with Crippen molar-refractivity contribution < 1.29 is 23.6 Å². The van der Waals surface area contributed by atoms with Gasteiger partial charge in [0.1, 0.15) is 0 Å². The fourth-order valence-corrected chi connectivity index (χ4v) is 2.39. The summed E-state index contributed by atoms with van der Waals surface area (Å²) in [7, 11) is 1.15. The van der Waals surface area contributed by atoms with Crippen LogP contribution in [-0.4, -0.2) is 24.6 Å². The highest BCUT2D eigenvalue weighted by Crippen LogP contribution is 2.36. The average molecular weight is 393 g/mol. The summed E-state index contributed by atoms with van der Waals surface area (Å²) in [4.78, 5) is 29.3. The highest BCUT2D eigenvalue weighted by Gasteiger charge is 2.26. The number of anilines is 2. The minimum Gasteiger partial charge on any atom is -0.465 e. The molecule has 0 bridgehead atoms. The van der Waals surface area contributed by atoms with Gasteiger partial charge in [-0.3, -0.25) is 4.79 Å². The molecule has 0 amide bonds. The number of ether oxygens (including phenoxy) is 1.